The molecule has 0 heterocycles. The van der Waals surface area contributed by atoms with Crippen molar-refractivity contribution >= 4 is 17.1 Å². The number of benzene rings is 1. The summed E-state index contributed by atoms with van der Waals surface area (Å²) in [7, 11) is 1.74. The first-order valence-corrected chi connectivity index (χ1v) is 6.81. The first kappa shape index (κ1) is 16.2. The lowest BCUT2D eigenvalue weighted by atomic mass is 10.2. The number of anilines is 2. The fourth-order valence-electron chi connectivity index (χ4n) is 1.69. The summed E-state index contributed by atoms with van der Waals surface area (Å²) in [5.41, 5.74) is 1.54. The van der Waals surface area contributed by atoms with Gasteiger partial charge < -0.3 is 15.4 Å². The van der Waals surface area contributed by atoms with E-state index in [-0.39, 0.29) is 5.69 Å². The van der Waals surface area contributed by atoms with Crippen LogP contribution in [0, 0.1) is 16.0 Å². The largest absolute Gasteiger partial charge is 0.388 e. The number of rotatable bonds is 9. The van der Waals surface area contributed by atoms with Gasteiger partial charge in [-0.3, -0.25) is 10.1 Å². The minimum Gasteiger partial charge on any atom is -0.388 e. The molecule has 20 heavy (non-hydrogen) atoms. The standard InChI is InChI=1S/C14H23N3O3/c1-11(2)10-20-6-4-5-16-13-7-12(15-3)8-14(9-13)17(18)19/h7-9,11,15-16H,4-6,10H2,1-3H3. The second-order valence-corrected chi connectivity index (χ2v) is 5.02. The molecular formula is C14H23N3O3. The molecule has 0 bridgehead atoms. The van der Waals surface area contributed by atoms with Crippen molar-refractivity contribution in [3.05, 3.63) is 28.3 Å². The number of nitrogens with zero attached hydrogens (tertiary/aromatic N) is 1. The zero-order chi connectivity index (χ0) is 15.0. The number of nitrogens with one attached hydrogen (secondary N) is 2. The van der Waals surface area contributed by atoms with E-state index in [1.165, 1.54) is 12.1 Å². The Hall–Kier alpha value is -1.82. The normalized spacial score (nSPS) is 10.6. The molecule has 6 nitrogen and oxygen atoms in total. The zero-order valence-corrected chi connectivity index (χ0v) is 12.3. The van der Waals surface area contributed by atoms with Gasteiger partial charge in [-0.25, -0.2) is 0 Å². The van der Waals surface area contributed by atoms with Crippen LogP contribution in [0.3, 0.4) is 0 Å². The average molecular weight is 281 g/mol. The molecule has 0 spiro atoms. The second-order valence-electron chi connectivity index (χ2n) is 5.02. The molecule has 112 valence electrons. The lowest BCUT2D eigenvalue weighted by molar-refractivity contribution is -0.384. The minimum absolute atomic E-state index is 0.0791. The van der Waals surface area contributed by atoms with E-state index in [2.05, 4.69) is 24.5 Å². The highest BCUT2D eigenvalue weighted by Crippen LogP contribution is 2.23. The van der Waals surface area contributed by atoms with Crippen molar-refractivity contribution in [2.45, 2.75) is 20.3 Å². The Morgan fingerprint density at radius 3 is 2.60 bits per heavy atom. The first-order valence-electron chi connectivity index (χ1n) is 6.81. The zero-order valence-electron chi connectivity index (χ0n) is 12.3. The van der Waals surface area contributed by atoms with Gasteiger partial charge in [-0.05, 0) is 18.4 Å². The number of ether oxygens (including phenoxy) is 1. The Labute approximate surface area is 119 Å². The average Bonchev–Trinajstić information content (AvgIpc) is 2.41. The van der Waals surface area contributed by atoms with Crippen molar-refractivity contribution < 1.29 is 9.66 Å². The maximum absolute atomic E-state index is 10.8. The highest BCUT2D eigenvalue weighted by molar-refractivity contribution is 5.63. The number of hydrogen-bond donors (Lipinski definition) is 2. The van der Waals surface area contributed by atoms with Gasteiger partial charge >= 0.3 is 0 Å². The van der Waals surface area contributed by atoms with Crippen LogP contribution in [-0.2, 0) is 4.74 Å². The van der Waals surface area contributed by atoms with Crippen molar-refractivity contribution in [2.75, 3.05) is 37.4 Å². The number of hydrogen-bond acceptors (Lipinski definition) is 5. The van der Waals surface area contributed by atoms with Crippen LogP contribution in [0.1, 0.15) is 20.3 Å². The Bertz CT molecular complexity index is 436. The smallest absolute Gasteiger partial charge is 0.273 e. The van der Waals surface area contributed by atoms with Crippen molar-refractivity contribution in [1.29, 1.82) is 0 Å². The quantitative estimate of drug-likeness (QED) is 0.413. The molecule has 0 saturated heterocycles. The number of nitro benzene ring substituents is 1. The van der Waals surface area contributed by atoms with Crippen LogP contribution in [0.5, 0.6) is 0 Å². The fourth-order valence-corrected chi connectivity index (χ4v) is 1.69. The molecule has 0 aliphatic rings. The third-order valence-corrected chi connectivity index (χ3v) is 2.66. The predicted molar refractivity (Wildman–Crippen MR) is 81.4 cm³/mol. The van der Waals surface area contributed by atoms with Gasteiger partial charge in [-0.2, -0.15) is 0 Å². The molecule has 0 amide bonds. The second kappa shape index (κ2) is 8.37. The molecule has 0 aromatic heterocycles. The summed E-state index contributed by atoms with van der Waals surface area (Å²) in [6.45, 7) is 6.41. The Kier molecular flexibility index (Phi) is 6.79. The summed E-state index contributed by atoms with van der Waals surface area (Å²) in [4.78, 5) is 10.4. The lowest BCUT2D eigenvalue weighted by Gasteiger charge is -2.10. The van der Waals surface area contributed by atoms with Gasteiger partial charge in [0.2, 0.25) is 0 Å². The van der Waals surface area contributed by atoms with Crippen LogP contribution in [-0.4, -0.2) is 31.7 Å². The molecule has 2 N–H and O–H groups in total. The van der Waals surface area contributed by atoms with Crippen molar-refractivity contribution in [3.63, 3.8) is 0 Å². The van der Waals surface area contributed by atoms with Gasteiger partial charge in [-0.15, -0.1) is 0 Å². The van der Waals surface area contributed by atoms with Crippen molar-refractivity contribution in [2.24, 2.45) is 5.92 Å². The van der Waals surface area contributed by atoms with Gasteiger partial charge in [0.25, 0.3) is 5.69 Å². The van der Waals surface area contributed by atoms with E-state index in [4.69, 9.17) is 4.74 Å². The molecule has 0 fully saturated rings. The third-order valence-electron chi connectivity index (χ3n) is 2.66. The fraction of sp³-hybridized carbons (Fsp3) is 0.571. The van der Waals surface area contributed by atoms with E-state index in [0.717, 1.165) is 30.9 Å². The van der Waals surface area contributed by atoms with Crippen molar-refractivity contribution in [3.8, 4) is 0 Å². The summed E-state index contributed by atoms with van der Waals surface area (Å²) < 4.78 is 5.48. The molecular weight excluding hydrogens is 258 g/mol. The molecule has 0 saturated carbocycles. The van der Waals surface area contributed by atoms with Crippen LogP contribution in [0.15, 0.2) is 18.2 Å². The van der Waals surface area contributed by atoms with E-state index in [1.54, 1.807) is 7.05 Å². The van der Waals surface area contributed by atoms with Crippen LogP contribution < -0.4 is 10.6 Å². The number of nitro groups is 1. The van der Waals surface area contributed by atoms with E-state index in [9.17, 15) is 10.1 Å². The van der Waals surface area contributed by atoms with E-state index in [1.807, 2.05) is 6.07 Å². The maximum atomic E-state index is 10.8. The van der Waals surface area contributed by atoms with Gasteiger partial charge in [0.05, 0.1) is 4.92 Å². The molecule has 0 aliphatic heterocycles. The molecule has 1 aromatic carbocycles. The predicted octanol–water partition coefficient (Wildman–Crippen LogP) is 3.11. The van der Waals surface area contributed by atoms with Gasteiger partial charge in [0.15, 0.2) is 0 Å². The van der Waals surface area contributed by atoms with Crippen molar-refractivity contribution in [1.82, 2.24) is 0 Å². The summed E-state index contributed by atoms with van der Waals surface area (Å²) in [5.74, 6) is 0.540. The molecule has 6 heteroatoms. The molecule has 1 aromatic rings. The van der Waals surface area contributed by atoms with Crippen LogP contribution >= 0.6 is 0 Å². The van der Waals surface area contributed by atoms with E-state index >= 15 is 0 Å². The SMILES string of the molecule is CNc1cc(NCCCOCC(C)C)cc([N+](=O)[O-])c1. The summed E-state index contributed by atoms with van der Waals surface area (Å²) in [6, 6.07) is 4.90. The molecule has 0 atom stereocenters. The highest BCUT2D eigenvalue weighted by Gasteiger charge is 2.08. The monoisotopic (exact) mass is 281 g/mol. The maximum Gasteiger partial charge on any atom is 0.273 e. The topological polar surface area (TPSA) is 76.4 Å². The van der Waals surface area contributed by atoms with Crippen LogP contribution in [0.25, 0.3) is 0 Å². The van der Waals surface area contributed by atoms with E-state index in [0.29, 0.717) is 12.5 Å². The Morgan fingerprint density at radius 1 is 1.30 bits per heavy atom. The van der Waals surface area contributed by atoms with Gasteiger partial charge in [0, 0.05) is 50.3 Å². The minimum atomic E-state index is -0.391. The van der Waals surface area contributed by atoms with Crippen LogP contribution in [0.2, 0.25) is 0 Å². The molecule has 0 aliphatic carbocycles. The highest BCUT2D eigenvalue weighted by atomic mass is 16.6. The lowest BCUT2D eigenvalue weighted by Crippen LogP contribution is -2.08. The molecule has 1 rings (SSSR count). The first-order chi connectivity index (χ1) is 9.52. The molecule has 0 unspecified atom stereocenters. The Morgan fingerprint density at radius 2 is 2.00 bits per heavy atom. The van der Waals surface area contributed by atoms with Gasteiger partial charge in [0.1, 0.15) is 0 Å². The van der Waals surface area contributed by atoms with E-state index < -0.39 is 4.92 Å². The van der Waals surface area contributed by atoms with Crippen LogP contribution in [0.4, 0.5) is 17.1 Å². The molecule has 0 radical (unpaired) electrons. The number of non-ortho nitro benzene ring substituents is 1. The van der Waals surface area contributed by atoms with Gasteiger partial charge in [-0.1, -0.05) is 13.8 Å². The summed E-state index contributed by atoms with van der Waals surface area (Å²) in [5, 5.41) is 16.9. The summed E-state index contributed by atoms with van der Waals surface area (Å²) >= 11 is 0. The Balaban J connectivity index is 2.43. The third kappa shape index (κ3) is 5.88. The summed E-state index contributed by atoms with van der Waals surface area (Å²) in [6.07, 6.45) is 0.865.